The van der Waals surface area contributed by atoms with Crippen molar-refractivity contribution < 1.29 is 24.0 Å². The van der Waals surface area contributed by atoms with Crippen molar-refractivity contribution in [3.8, 4) is 0 Å². The van der Waals surface area contributed by atoms with Gasteiger partial charge in [-0.25, -0.2) is 0 Å². The first kappa shape index (κ1) is 29.0. The van der Waals surface area contributed by atoms with E-state index in [1.165, 1.54) is 56.0 Å². The molecule has 4 aliphatic carbocycles. The van der Waals surface area contributed by atoms with Crippen molar-refractivity contribution in [3.63, 3.8) is 0 Å². The highest BCUT2D eigenvalue weighted by molar-refractivity contribution is 6.36. The molecule has 4 bridgehead atoms. The normalized spacial score (nSPS) is 28.5. The third-order valence-corrected chi connectivity index (χ3v) is 9.35. The molecule has 1 aliphatic heterocycles. The zero-order chi connectivity index (χ0) is 29.1. The number of Topliss-reactive ketones (excluding diaryl/α,β-unsaturated/α-hetero) is 1. The van der Waals surface area contributed by atoms with Crippen molar-refractivity contribution in [3.05, 3.63) is 28.7 Å². The number of aromatic nitrogens is 1. The van der Waals surface area contributed by atoms with Crippen LogP contribution in [-0.2, 0) is 30.5 Å². The van der Waals surface area contributed by atoms with Crippen LogP contribution >= 0.6 is 0 Å². The minimum Gasteiger partial charge on any atom is -0.353 e. The first-order valence-corrected chi connectivity index (χ1v) is 14.8. The molecule has 41 heavy (non-hydrogen) atoms. The van der Waals surface area contributed by atoms with Crippen molar-refractivity contribution >= 4 is 35.1 Å². The summed E-state index contributed by atoms with van der Waals surface area (Å²) in [5, 5.41) is 13.8. The zero-order valence-electron chi connectivity index (χ0n) is 23.4. The van der Waals surface area contributed by atoms with Gasteiger partial charge in [-0.3, -0.25) is 28.8 Å². The molecule has 1 aromatic heterocycles. The van der Waals surface area contributed by atoms with Gasteiger partial charge >= 0.3 is 0 Å². The van der Waals surface area contributed by atoms with E-state index in [1.807, 2.05) is 0 Å². The van der Waals surface area contributed by atoms with Crippen LogP contribution in [0.2, 0.25) is 0 Å². The summed E-state index contributed by atoms with van der Waals surface area (Å²) in [4.78, 5) is 75.9. The van der Waals surface area contributed by atoms with Gasteiger partial charge in [0.25, 0.3) is 11.5 Å². The van der Waals surface area contributed by atoms with Crippen LogP contribution in [0.4, 0.5) is 5.69 Å². The Morgan fingerprint density at radius 1 is 1.05 bits per heavy atom. The molecule has 4 amide bonds. The van der Waals surface area contributed by atoms with Gasteiger partial charge in [-0.05, 0) is 87.3 Å². The Hall–Kier alpha value is -3.54. The van der Waals surface area contributed by atoms with E-state index in [0.29, 0.717) is 31.3 Å². The third kappa shape index (κ3) is 6.69. The van der Waals surface area contributed by atoms with E-state index in [9.17, 15) is 28.8 Å². The van der Waals surface area contributed by atoms with Crippen molar-refractivity contribution in [2.45, 2.75) is 70.0 Å². The lowest BCUT2D eigenvalue weighted by Gasteiger charge is -2.54. The molecular weight excluding hydrogens is 528 g/mol. The molecule has 6 rings (SSSR count). The second-order valence-corrected chi connectivity index (χ2v) is 12.2. The lowest BCUT2D eigenvalue weighted by molar-refractivity contribution is -0.138. The van der Waals surface area contributed by atoms with Crippen LogP contribution in [0, 0.1) is 29.6 Å². The van der Waals surface area contributed by atoms with Crippen LogP contribution < -0.4 is 32.1 Å². The highest BCUT2D eigenvalue weighted by Crippen LogP contribution is 2.53. The van der Waals surface area contributed by atoms with Gasteiger partial charge in [-0.2, -0.15) is 0 Å². The fourth-order valence-corrected chi connectivity index (χ4v) is 7.49. The SMILES string of the molecule is CNC(=O)C(=O)CC[C@H](NC(=O)[C@H]1CCNC1)C(=O)Nc1cccn(CC(=O)NC2C3CC4CC(C3)CC2C4)c1=O. The number of amides is 4. The molecule has 5 N–H and O–H groups in total. The number of nitrogens with zero attached hydrogens (tertiary/aromatic N) is 1. The summed E-state index contributed by atoms with van der Waals surface area (Å²) in [5.41, 5.74) is -0.591. The fourth-order valence-electron chi connectivity index (χ4n) is 7.49. The average Bonchev–Trinajstić information content (AvgIpc) is 3.49. The van der Waals surface area contributed by atoms with Gasteiger partial charge in [0.15, 0.2) is 0 Å². The number of rotatable bonds is 11. The van der Waals surface area contributed by atoms with Crippen molar-refractivity contribution in [1.82, 2.24) is 25.8 Å². The number of carbonyl (C=O) groups is 5. The molecule has 1 aromatic rings. The van der Waals surface area contributed by atoms with Gasteiger partial charge in [0.05, 0.1) is 5.92 Å². The predicted octanol–water partition coefficient (Wildman–Crippen LogP) is -0.0827. The van der Waals surface area contributed by atoms with E-state index in [0.717, 1.165) is 11.8 Å². The van der Waals surface area contributed by atoms with Crippen LogP contribution in [-0.4, -0.2) is 66.2 Å². The molecule has 222 valence electrons. The summed E-state index contributed by atoms with van der Waals surface area (Å²) < 4.78 is 1.26. The summed E-state index contributed by atoms with van der Waals surface area (Å²) in [6.07, 6.45) is 7.76. The average molecular weight is 569 g/mol. The molecule has 1 saturated heterocycles. The first-order chi connectivity index (χ1) is 19.7. The van der Waals surface area contributed by atoms with Crippen LogP contribution in [0.25, 0.3) is 0 Å². The van der Waals surface area contributed by atoms with Gasteiger partial charge in [-0.15, -0.1) is 0 Å². The Balaban J connectivity index is 1.22. The molecule has 2 heterocycles. The second kappa shape index (κ2) is 12.5. The Labute approximate surface area is 238 Å². The number of pyridine rings is 1. The summed E-state index contributed by atoms with van der Waals surface area (Å²) in [6.45, 7) is 0.997. The van der Waals surface area contributed by atoms with Crippen LogP contribution in [0.3, 0.4) is 0 Å². The fraction of sp³-hybridized carbons (Fsp3) is 0.655. The van der Waals surface area contributed by atoms with E-state index < -0.39 is 29.2 Å². The maximum absolute atomic E-state index is 13.2. The number of nitrogens with one attached hydrogen (secondary N) is 5. The summed E-state index contributed by atoms with van der Waals surface area (Å²) in [5.74, 6) is -0.449. The van der Waals surface area contributed by atoms with E-state index in [4.69, 9.17) is 0 Å². The predicted molar refractivity (Wildman–Crippen MR) is 150 cm³/mol. The minimum atomic E-state index is -1.13. The number of hydrogen-bond donors (Lipinski definition) is 5. The van der Waals surface area contributed by atoms with Crippen LogP contribution in [0.5, 0.6) is 0 Å². The van der Waals surface area contributed by atoms with Gasteiger partial charge in [0, 0.05) is 32.3 Å². The zero-order valence-corrected chi connectivity index (χ0v) is 23.4. The summed E-state index contributed by atoms with van der Waals surface area (Å²) in [6, 6.07) is 2.03. The molecule has 12 heteroatoms. The molecule has 0 radical (unpaired) electrons. The van der Waals surface area contributed by atoms with Gasteiger partial charge in [-0.1, -0.05) is 0 Å². The second-order valence-electron chi connectivity index (χ2n) is 12.2. The standard InChI is InChI=1S/C29H40N6O6/c1-30-28(40)23(36)5-4-21(32-26(38)18-6-7-31-14-18)27(39)33-22-3-2-8-35(29(22)41)15-24(37)34-25-19-10-16-9-17(12-19)13-20(25)11-16/h2-3,8,16-21,25,31H,4-7,9-15H2,1H3,(H,30,40)(H,32,38)(H,33,39)(H,34,37)/t16?,17?,18-,19?,20?,21-,25?/m0/s1. The molecule has 2 atom stereocenters. The third-order valence-electron chi connectivity index (χ3n) is 9.35. The monoisotopic (exact) mass is 568 g/mol. The maximum atomic E-state index is 13.2. The van der Waals surface area contributed by atoms with Crippen LogP contribution in [0.1, 0.15) is 51.4 Å². The number of likely N-dealkylation sites (N-methyl/N-ethyl adjacent to an activating group) is 1. The molecule has 4 saturated carbocycles. The molecule has 0 unspecified atom stereocenters. The van der Waals surface area contributed by atoms with Crippen LogP contribution in [0.15, 0.2) is 23.1 Å². The summed E-state index contributed by atoms with van der Waals surface area (Å²) in [7, 11) is 1.34. The van der Waals surface area contributed by atoms with Gasteiger partial charge in [0.1, 0.15) is 18.3 Å². The summed E-state index contributed by atoms with van der Waals surface area (Å²) >= 11 is 0. The Bertz CT molecular complexity index is 1230. The highest BCUT2D eigenvalue weighted by Gasteiger charge is 2.48. The minimum absolute atomic E-state index is 0.0423. The maximum Gasteiger partial charge on any atom is 0.287 e. The quantitative estimate of drug-likeness (QED) is 0.233. The molecule has 5 aliphatic rings. The highest BCUT2D eigenvalue weighted by atomic mass is 16.2. The number of hydrogen-bond acceptors (Lipinski definition) is 7. The van der Waals surface area contributed by atoms with E-state index in [-0.39, 0.29) is 48.8 Å². The molecular formula is C29H40N6O6. The Morgan fingerprint density at radius 3 is 2.39 bits per heavy atom. The first-order valence-electron chi connectivity index (χ1n) is 14.8. The number of ketones is 1. The van der Waals surface area contributed by atoms with Crippen molar-refractivity contribution in [2.75, 3.05) is 25.5 Å². The van der Waals surface area contributed by atoms with E-state index in [1.54, 1.807) is 6.07 Å². The Morgan fingerprint density at radius 2 is 1.76 bits per heavy atom. The topological polar surface area (TPSA) is 168 Å². The number of anilines is 1. The molecule has 5 fully saturated rings. The lowest BCUT2D eigenvalue weighted by Crippen LogP contribution is -2.56. The van der Waals surface area contributed by atoms with E-state index in [2.05, 4.69) is 26.6 Å². The number of carbonyl (C=O) groups excluding carboxylic acids is 5. The molecule has 0 aromatic carbocycles. The van der Waals surface area contributed by atoms with Crippen molar-refractivity contribution in [1.29, 1.82) is 0 Å². The van der Waals surface area contributed by atoms with E-state index >= 15 is 0 Å². The smallest absolute Gasteiger partial charge is 0.287 e. The van der Waals surface area contributed by atoms with Gasteiger partial charge < -0.3 is 31.2 Å². The Kier molecular flexibility index (Phi) is 8.86. The molecule has 0 spiro atoms. The molecule has 12 nitrogen and oxygen atoms in total. The largest absolute Gasteiger partial charge is 0.353 e. The lowest BCUT2D eigenvalue weighted by atomic mass is 9.54. The van der Waals surface area contributed by atoms with Gasteiger partial charge in [0.2, 0.25) is 23.5 Å². The van der Waals surface area contributed by atoms with Crippen molar-refractivity contribution in [2.24, 2.45) is 29.6 Å².